The summed E-state index contributed by atoms with van der Waals surface area (Å²) in [5.74, 6) is -0.325. The molecule has 2 aromatic rings. The summed E-state index contributed by atoms with van der Waals surface area (Å²) in [7, 11) is 0. The number of carbonyl (C=O) groups excluding carboxylic acids is 1. The minimum atomic E-state index is -0.493. The fourth-order valence-corrected chi connectivity index (χ4v) is 3.13. The van der Waals surface area contributed by atoms with Gasteiger partial charge in [-0.3, -0.25) is 4.79 Å². The smallest absolute Gasteiger partial charge is 0.227 e. The van der Waals surface area contributed by atoms with Gasteiger partial charge in [0.25, 0.3) is 0 Å². The molecule has 1 fully saturated rings. The summed E-state index contributed by atoms with van der Waals surface area (Å²) < 4.78 is 13.0. The van der Waals surface area contributed by atoms with Crippen LogP contribution in [0.1, 0.15) is 17.5 Å². The third-order valence-electron chi connectivity index (χ3n) is 4.39. The van der Waals surface area contributed by atoms with Crippen molar-refractivity contribution in [3.05, 3.63) is 71.5 Å². The lowest BCUT2D eigenvalue weighted by atomic mass is 10.0. The number of likely N-dealkylation sites (tertiary alicyclic amines) is 1. The molecular formula is C19H20FNO2. The summed E-state index contributed by atoms with van der Waals surface area (Å²) >= 11 is 0. The fraction of sp³-hybridized carbons (Fsp3) is 0.316. The van der Waals surface area contributed by atoms with E-state index in [1.807, 2.05) is 30.3 Å². The first kappa shape index (κ1) is 15.7. The molecule has 120 valence electrons. The second-order valence-corrected chi connectivity index (χ2v) is 6.00. The minimum Gasteiger partial charge on any atom is -0.391 e. The predicted molar refractivity (Wildman–Crippen MR) is 86.4 cm³/mol. The number of benzene rings is 2. The van der Waals surface area contributed by atoms with E-state index in [0.29, 0.717) is 19.4 Å². The van der Waals surface area contributed by atoms with Gasteiger partial charge < -0.3 is 10.0 Å². The van der Waals surface area contributed by atoms with Crippen LogP contribution in [0, 0.1) is 5.82 Å². The van der Waals surface area contributed by atoms with Gasteiger partial charge in [-0.25, -0.2) is 4.39 Å². The average molecular weight is 313 g/mol. The van der Waals surface area contributed by atoms with E-state index < -0.39 is 6.10 Å². The predicted octanol–water partition coefficient (Wildman–Crippen LogP) is 2.57. The zero-order chi connectivity index (χ0) is 16.2. The van der Waals surface area contributed by atoms with E-state index in [-0.39, 0.29) is 24.2 Å². The standard InChI is InChI=1S/C19H20FNO2/c20-16-8-6-15(7-9-16)13-19(23)21-11-10-18(22)17(21)12-14-4-2-1-3-5-14/h1-9,17-18,22H,10-13H2/t17-,18+/m0/s1. The molecule has 1 heterocycles. The molecule has 0 aliphatic carbocycles. The Balaban J connectivity index is 1.69. The van der Waals surface area contributed by atoms with Gasteiger partial charge in [0.05, 0.1) is 18.6 Å². The van der Waals surface area contributed by atoms with Crippen LogP contribution in [0.2, 0.25) is 0 Å². The highest BCUT2D eigenvalue weighted by atomic mass is 19.1. The maximum absolute atomic E-state index is 13.0. The number of aliphatic hydroxyl groups excluding tert-OH is 1. The quantitative estimate of drug-likeness (QED) is 0.942. The number of carbonyl (C=O) groups is 1. The van der Waals surface area contributed by atoms with Crippen LogP contribution in [0.15, 0.2) is 54.6 Å². The molecule has 1 amide bonds. The third-order valence-corrected chi connectivity index (χ3v) is 4.39. The molecule has 1 N–H and O–H groups in total. The molecule has 3 nitrogen and oxygen atoms in total. The molecule has 3 rings (SSSR count). The first-order valence-corrected chi connectivity index (χ1v) is 7.89. The number of amides is 1. The number of hydrogen-bond donors (Lipinski definition) is 1. The fourth-order valence-electron chi connectivity index (χ4n) is 3.13. The number of nitrogens with zero attached hydrogens (tertiary/aromatic N) is 1. The molecule has 0 aromatic heterocycles. The highest BCUT2D eigenvalue weighted by Gasteiger charge is 2.35. The molecule has 0 saturated carbocycles. The second kappa shape index (κ2) is 6.92. The van der Waals surface area contributed by atoms with E-state index in [1.54, 1.807) is 17.0 Å². The Bertz CT molecular complexity index is 657. The van der Waals surface area contributed by atoms with Gasteiger partial charge in [0.1, 0.15) is 5.82 Å². The first-order chi connectivity index (χ1) is 11.1. The van der Waals surface area contributed by atoms with Crippen LogP contribution in [0.3, 0.4) is 0 Å². The van der Waals surface area contributed by atoms with Crippen molar-refractivity contribution in [2.45, 2.75) is 31.4 Å². The van der Waals surface area contributed by atoms with Gasteiger partial charge in [0.15, 0.2) is 0 Å². The van der Waals surface area contributed by atoms with E-state index >= 15 is 0 Å². The molecule has 1 aliphatic rings. The van der Waals surface area contributed by atoms with Crippen molar-refractivity contribution in [1.82, 2.24) is 4.90 Å². The minimum absolute atomic E-state index is 0.0194. The lowest BCUT2D eigenvalue weighted by Crippen LogP contribution is -2.41. The van der Waals surface area contributed by atoms with Crippen molar-refractivity contribution in [2.24, 2.45) is 0 Å². The summed E-state index contributed by atoms with van der Waals surface area (Å²) in [6.07, 6.45) is 0.995. The van der Waals surface area contributed by atoms with Crippen molar-refractivity contribution in [1.29, 1.82) is 0 Å². The maximum atomic E-state index is 13.0. The summed E-state index contributed by atoms with van der Waals surface area (Å²) in [5.41, 5.74) is 1.90. The summed E-state index contributed by atoms with van der Waals surface area (Å²) in [6, 6.07) is 15.7. The van der Waals surface area contributed by atoms with E-state index in [9.17, 15) is 14.3 Å². The number of aliphatic hydroxyl groups is 1. The first-order valence-electron chi connectivity index (χ1n) is 7.89. The molecule has 23 heavy (non-hydrogen) atoms. The molecule has 1 saturated heterocycles. The van der Waals surface area contributed by atoms with Gasteiger partial charge in [-0.1, -0.05) is 42.5 Å². The van der Waals surface area contributed by atoms with Crippen molar-refractivity contribution < 1.29 is 14.3 Å². The van der Waals surface area contributed by atoms with Crippen molar-refractivity contribution in [3.8, 4) is 0 Å². The van der Waals surface area contributed by atoms with Crippen molar-refractivity contribution in [3.63, 3.8) is 0 Å². The second-order valence-electron chi connectivity index (χ2n) is 6.00. The maximum Gasteiger partial charge on any atom is 0.227 e. The van der Waals surface area contributed by atoms with Gasteiger partial charge in [0.2, 0.25) is 5.91 Å². The van der Waals surface area contributed by atoms with Crippen LogP contribution in [-0.4, -0.2) is 34.6 Å². The highest BCUT2D eigenvalue weighted by molar-refractivity contribution is 5.79. The number of halogens is 1. The van der Waals surface area contributed by atoms with Crippen LogP contribution in [-0.2, 0) is 17.6 Å². The van der Waals surface area contributed by atoms with Gasteiger partial charge in [-0.05, 0) is 36.1 Å². The lowest BCUT2D eigenvalue weighted by molar-refractivity contribution is -0.132. The van der Waals surface area contributed by atoms with Crippen LogP contribution >= 0.6 is 0 Å². The zero-order valence-corrected chi connectivity index (χ0v) is 12.9. The van der Waals surface area contributed by atoms with Crippen molar-refractivity contribution >= 4 is 5.91 Å². The molecule has 0 radical (unpaired) electrons. The normalized spacial score (nSPS) is 20.7. The lowest BCUT2D eigenvalue weighted by Gasteiger charge is -2.26. The van der Waals surface area contributed by atoms with Crippen LogP contribution in [0.5, 0.6) is 0 Å². The molecule has 0 spiro atoms. The van der Waals surface area contributed by atoms with Gasteiger partial charge in [-0.2, -0.15) is 0 Å². The zero-order valence-electron chi connectivity index (χ0n) is 12.9. The largest absolute Gasteiger partial charge is 0.391 e. The molecular weight excluding hydrogens is 293 g/mol. The summed E-state index contributed by atoms with van der Waals surface area (Å²) in [5, 5.41) is 10.2. The van der Waals surface area contributed by atoms with E-state index in [4.69, 9.17) is 0 Å². The number of hydrogen-bond acceptors (Lipinski definition) is 2. The highest BCUT2D eigenvalue weighted by Crippen LogP contribution is 2.23. The Hall–Kier alpha value is -2.20. The third kappa shape index (κ3) is 3.77. The van der Waals surface area contributed by atoms with Crippen LogP contribution in [0.4, 0.5) is 4.39 Å². The molecule has 0 bridgehead atoms. The summed E-state index contributed by atoms with van der Waals surface area (Å²) in [4.78, 5) is 14.3. The topological polar surface area (TPSA) is 40.5 Å². The SMILES string of the molecule is O=C(Cc1ccc(F)cc1)N1CC[C@@H](O)[C@@H]1Cc1ccccc1. The Morgan fingerprint density at radius 1 is 1.09 bits per heavy atom. The van der Waals surface area contributed by atoms with E-state index in [2.05, 4.69) is 0 Å². The van der Waals surface area contributed by atoms with E-state index in [0.717, 1.165) is 11.1 Å². The molecule has 2 atom stereocenters. The molecule has 2 aromatic carbocycles. The average Bonchev–Trinajstić information content (AvgIpc) is 2.92. The summed E-state index contributed by atoms with van der Waals surface area (Å²) in [6.45, 7) is 0.568. The molecule has 1 aliphatic heterocycles. The van der Waals surface area contributed by atoms with Gasteiger partial charge >= 0.3 is 0 Å². The van der Waals surface area contributed by atoms with Gasteiger partial charge in [-0.15, -0.1) is 0 Å². The van der Waals surface area contributed by atoms with Crippen LogP contribution in [0.25, 0.3) is 0 Å². The number of rotatable bonds is 4. The Kier molecular flexibility index (Phi) is 4.72. The molecule has 0 unspecified atom stereocenters. The van der Waals surface area contributed by atoms with Crippen LogP contribution < -0.4 is 0 Å². The monoisotopic (exact) mass is 313 g/mol. The van der Waals surface area contributed by atoms with Gasteiger partial charge in [0, 0.05) is 6.54 Å². The Labute approximate surface area is 135 Å². The van der Waals surface area contributed by atoms with Crippen molar-refractivity contribution in [2.75, 3.05) is 6.54 Å². The van der Waals surface area contributed by atoms with E-state index in [1.165, 1.54) is 12.1 Å². The Morgan fingerprint density at radius 2 is 1.78 bits per heavy atom. The Morgan fingerprint density at radius 3 is 2.48 bits per heavy atom. The molecule has 4 heteroatoms.